The van der Waals surface area contributed by atoms with Crippen LogP contribution in [0.15, 0.2) is 18.2 Å². The van der Waals surface area contributed by atoms with Crippen LogP contribution in [0.2, 0.25) is 5.02 Å². The molecular formula is C13H14ClN3O2. The molecule has 1 aliphatic carbocycles. The molecule has 3 N–H and O–H groups in total. The van der Waals surface area contributed by atoms with E-state index in [0.717, 1.165) is 29.0 Å². The third kappa shape index (κ3) is 2.26. The van der Waals surface area contributed by atoms with E-state index in [0.29, 0.717) is 6.54 Å². The standard InChI is InChI=1S/C13H14ClN3O2/c14-9-3-1-2-8-7(9)4-5-10(8)16-12(18)11-6-15-13(19)17-11/h1-3,10-11H,4-6H2,(H,16,18)(H2,15,17,19)/t10-,11-/m1/s1. The Morgan fingerprint density at radius 3 is 3.00 bits per heavy atom. The summed E-state index contributed by atoms with van der Waals surface area (Å²) in [6, 6.07) is 4.95. The molecule has 0 radical (unpaired) electrons. The first kappa shape index (κ1) is 12.3. The van der Waals surface area contributed by atoms with Gasteiger partial charge in [-0.25, -0.2) is 4.79 Å². The average Bonchev–Trinajstić information content (AvgIpc) is 2.98. The number of benzene rings is 1. The van der Waals surface area contributed by atoms with Crippen molar-refractivity contribution in [1.29, 1.82) is 0 Å². The summed E-state index contributed by atoms with van der Waals surface area (Å²) < 4.78 is 0. The quantitative estimate of drug-likeness (QED) is 0.759. The minimum Gasteiger partial charge on any atom is -0.347 e. The van der Waals surface area contributed by atoms with Crippen LogP contribution in [0, 0.1) is 0 Å². The van der Waals surface area contributed by atoms with Crippen LogP contribution >= 0.6 is 11.6 Å². The molecule has 100 valence electrons. The number of rotatable bonds is 2. The van der Waals surface area contributed by atoms with Crippen molar-refractivity contribution in [1.82, 2.24) is 16.0 Å². The molecule has 2 aliphatic rings. The van der Waals surface area contributed by atoms with Gasteiger partial charge < -0.3 is 16.0 Å². The smallest absolute Gasteiger partial charge is 0.315 e. The third-order valence-electron chi connectivity index (χ3n) is 3.62. The van der Waals surface area contributed by atoms with Gasteiger partial charge in [-0.15, -0.1) is 0 Å². The molecule has 0 spiro atoms. The minimum atomic E-state index is -0.490. The highest BCUT2D eigenvalue weighted by molar-refractivity contribution is 6.31. The Morgan fingerprint density at radius 2 is 2.26 bits per heavy atom. The maximum atomic E-state index is 12.0. The Kier molecular flexibility index (Phi) is 3.06. The molecule has 0 saturated carbocycles. The van der Waals surface area contributed by atoms with Crippen LogP contribution in [0.1, 0.15) is 23.6 Å². The van der Waals surface area contributed by atoms with E-state index in [1.807, 2.05) is 18.2 Å². The Balaban J connectivity index is 1.71. The second-order valence-corrected chi connectivity index (χ2v) is 5.22. The van der Waals surface area contributed by atoms with E-state index in [1.54, 1.807) is 0 Å². The van der Waals surface area contributed by atoms with Gasteiger partial charge in [0.2, 0.25) is 5.91 Å². The van der Waals surface area contributed by atoms with E-state index in [-0.39, 0.29) is 18.0 Å². The largest absolute Gasteiger partial charge is 0.347 e. The molecule has 1 heterocycles. The fourth-order valence-corrected chi connectivity index (χ4v) is 2.92. The molecule has 3 rings (SSSR count). The normalized spacial score (nSPS) is 24.6. The van der Waals surface area contributed by atoms with Gasteiger partial charge in [-0.1, -0.05) is 23.7 Å². The van der Waals surface area contributed by atoms with Crippen LogP contribution in [0.4, 0.5) is 4.79 Å². The van der Waals surface area contributed by atoms with Gasteiger partial charge in [0, 0.05) is 11.6 Å². The van der Waals surface area contributed by atoms with Gasteiger partial charge in [-0.05, 0) is 30.0 Å². The summed E-state index contributed by atoms with van der Waals surface area (Å²) in [5.74, 6) is -0.156. The fourth-order valence-electron chi connectivity index (χ4n) is 2.65. The van der Waals surface area contributed by atoms with E-state index >= 15 is 0 Å². The van der Waals surface area contributed by atoms with E-state index in [1.165, 1.54) is 0 Å². The SMILES string of the molecule is O=C1NC[C@H](C(=O)N[C@@H]2CCc3c(Cl)cccc32)N1. The number of hydrogen-bond acceptors (Lipinski definition) is 2. The van der Waals surface area contributed by atoms with Crippen LogP contribution in [0.3, 0.4) is 0 Å². The molecule has 2 atom stereocenters. The Bertz CT molecular complexity index is 547. The summed E-state index contributed by atoms with van der Waals surface area (Å²) in [5, 5.41) is 8.87. The summed E-state index contributed by atoms with van der Waals surface area (Å²) in [6.45, 7) is 0.333. The second kappa shape index (κ2) is 4.74. The topological polar surface area (TPSA) is 70.2 Å². The zero-order valence-corrected chi connectivity index (χ0v) is 11.0. The molecule has 0 unspecified atom stereocenters. The van der Waals surface area contributed by atoms with Gasteiger partial charge in [0.15, 0.2) is 0 Å². The summed E-state index contributed by atoms with van der Waals surface area (Å²) in [4.78, 5) is 23.1. The zero-order valence-electron chi connectivity index (χ0n) is 10.2. The molecular weight excluding hydrogens is 266 g/mol. The number of urea groups is 1. The number of nitrogens with one attached hydrogen (secondary N) is 3. The summed E-state index contributed by atoms with van der Waals surface area (Å²) >= 11 is 6.14. The molecule has 1 aromatic carbocycles. The Morgan fingerprint density at radius 1 is 1.42 bits per heavy atom. The van der Waals surface area contributed by atoms with Crippen LogP contribution < -0.4 is 16.0 Å². The second-order valence-electron chi connectivity index (χ2n) is 4.81. The van der Waals surface area contributed by atoms with Gasteiger partial charge in [0.1, 0.15) is 6.04 Å². The molecule has 1 aliphatic heterocycles. The Hall–Kier alpha value is -1.75. The minimum absolute atomic E-state index is 0.0151. The van der Waals surface area contributed by atoms with Crippen LogP contribution in [0.25, 0.3) is 0 Å². The summed E-state index contributed by atoms with van der Waals surface area (Å²) in [6.07, 6.45) is 1.72. The van der Waals surface area contributed by atoms with Crippen molar-refractivity contribution >= 4 is 23.5 Å². The van der Waals surface area contributed by atoms with Gasteiger partial charge in [-0.2, -0.15) is 0 Å². The first-order valence-corrected chi connectivity index (χ1v) is 6.65. The number of hydrogen-bond donors (Lipinski definition) is 3. The zero-order chi connectivity index (χ0) is 13.4. The predicted molar refractivity (Wildman–Crippen MR) is 71.0 cm³/mol. The highest BCUT2D eigenvalue weighted by Gasteiger charge is 2.31. The highest BCUT2D eigenvalue weighted by atomic mass is 35.5. The van der Waals surface area contributed by atoms with Gasteiger partial charge >= 0.3 is 6.03 Å². The van der Waals surface area contributed by atoms with Crippen LogP contribution in [0.5, 0.6) is 0 Å². The lowest BCUT2D eigenvalue weighted by Gasteiger charge is -2.17. The summed E-state index contributed by atoms with van der Waals surface area (Å²) in [5.41, 5.74) is 2.20. The number of carbonyl (C=O) groups is 2. The monoisotopic (exact) mass is 279 g/mol. The molecule has 1 aromatic rings. The summed E-state index contributed by atoms with van der Waals surface area (Å²) in [7, 11) is 0. The van der Waals surface area contributed by atoms with E-state index in [9.17, 15) is 9.59 Å². The molecule has 1 saturated heterocycles. The maximum Gasteiger partial charge on any atom is 0.315 e. The van der Waals surface area contributed by atoms with E-state index < -0.39 is 6.04 Å². The molecule has 1 fully saturated rings. The number of carbonyl (C=O) groups excluding carboxylic acids is 2. The maximum absolute atomic E-state index is 12.0. The van der Waals surface area contributed by atoms with Crippen LogP contribution in [-0.2, 0) is 11.2 Å². The molecule has 0 bridgehead atoms. The van der Waals surface area contributed by atoms with Crippen molar-refractivity contribution in [2.24, 2.45) is 0 Å². The van der Waals surface area contributed by atoms with E-state index in [4.69, 9.17) is 11.6 Å². The van der Waals surface area contributed by atoms with Crippen molar-refractivity contribution in [3.05, 3.63) is 34.3 Å². The number of halogens is 1. The number of fused-ring (bicyclic) bond motifs is 1. The molecule has 0 aromatic heterocycles. The first-order valence-electron chi connectivity index (χ1n) is 6.27. The van der Waals surface area contributed by atoms with Crippen LogP contribution in [-0.4, -0.2) is 24.5 Å². The predicted octanol–water partition coefficient (Wildman–Crippen LogP) is 1.12. The van der Waals surface area contributed by atoms with Crippen molar-refractivity contribution in [2.45, 2.75) is 24.9 Å². The highest BCUT2D eigenvalue weighted by Crippen LogP contribution is 2.35. The molecule has 6 heteroatoms. The lowest BCUT2D eigenvalue weighted by Crippen LogP contribution is -2.43. The third-order valence-corrected chi connectivity index (χ3v) is 3.97. The number of amides is 3. The lowest BCUT2D eigenvalue weighted by atomic mass is 10.1. The average molecular weight is 280 g/mol. The van der Waals surface area contributed by atoms with Crippen molar-refractivity contribution in [2.75, 3.05) is 6.54 Å². The van der Waals surface area contributed by atoms with Gasteiger partial charge in [-0.3, -0.25) is 4.79 Å². The van der Waals surface area contributed by atoms with Crippen molar-refractivity contribution < 1.29 is 9.59 Å². The molecule has 19 heavy (non-hydrogen) atoms. The Labute approximate surface area is 115 Å². The molecule has 5 nitrogen and oxygen atoms in total. The van der Waals surface area contributed by atoms with Crippen molar-refractivity contribution in [3.8, 4) is 0 Å². The fraction of sp³-hybridized carbons (Fsp3) is 0.385. The first-order chi connectivity index (χ1) is 9.15. The molecule has 3 amide bonds. The van der Waals surface area contributed by atoms with E-state index in [2.05, 4.69) is 16.0 Å². The van der Waals surface area contributed by atoms with Gasteiger partial charge in [0.25, 0.3) is 0 Å². The van der Waals surface area contributed by atoms with Gasteiger partial charge in [0.05, 0.1) is 6.04 Å². The van der Waals surface area contributed by atoms with Crippen molar-refractivity contribution in [3.63, 3.8) is 0 Å². The lowest BCUT2D eigenvalue weighted by molar-refractivity contribution is -0.123.